The zero-order valence-corrected chi connectivity index (χ0v) is 46.6. The minimum absolute atomic E-state index is 0.0213. The van der Waals surface area contributed by atoms with Crippen LogP contribution in [-0.2, 0) is 71.1 Å². The Morgan fingerprint density at radius 2 is 1.00 bits per heavy atom. The van der Waals surface area contributed by atoms with Gasteiger partial charge in [0.15, 0.2) is 31.5 Å². The van der Waals surface area contributed by atoms with Crippen LogP contribution in [0.25, 0.3) is 0 Å². The SMILES string of the molecule is CO[C@H]1C[C@H](O[C@@H]2[C@@H](C)O[C@@H](O[C@@H]3[C@@H](C)O[C@@H](O[C@H]4[C@H](O)C[C@H](O[C@H]5CC[C@@]6(C)C(=CC[C@]7(O)[C@@H]6C[C@@H](O)[C@]6(C)[C@H](C(C)=O)C[C@@H](O)[C@@]67O)C5)O[C@@H]4C)C[C@H]3OC)C[C@H]2OC)O[C@H](C)[C@H]1O[C@H]1C[C@@H](OC)[C@H](O)[C@@H](C)O1. The summed E-state index contributed by atoms with van der Waals surface area (Å²) in [5, 5.41) is 70.1. The maximum absolute atomic E-state index is 12.8. The number of methoxy groups -OCH3 is 4. The molecule has 0 radical (unpaired) electrons. The summed E-state index contributed by atoms with van der Waals surface area (Å²) in [4.78, 5) is 12.8. The van der Waals surface area contributed by atoms with E-state index in [0.717, 1.165) is 5.57 Å². The monoisotopic (exact) mass is 1090 g/mol. The molecule has 29 atom stereocenters. The largest absolute Gasteiger partial charge is 0.392 e. The Kier molecular flexibility index (Phi) is 18.0. The normalized spacial score (nSPS) is 53.8. The highest BCUT2D eigenvalue weighted by molar-refractivity contribution is 5.80. The van der Waals surface area contributed by atoms with Gasteiger partial charge in [0.05, 0.1) is 79.4 Å². The Labute approximate surface area is 447 Å². The van der Waals surface area contributed by atoms with Crippen molar-refractivity contribution in [2.45, 2.75) is 279 Å². The second-order valence-corrected chi connectivity index (χ2v) is 24.1. The summed E-state index contributed by atoms with van der Waals surface area (Å²) >= 11 is 0. The molecule has 6 N–H and O–H groups in total. The standard InChI is InChI=1S/C55H90O21/c1-25(56)33-18-41(59)55(62)53(33,8)40(58)24-39-52(7)15-14-32(17-31(52)13-16-54(39,55)61)72-42-19-34(57)48(27(3)68-42)73-44-21-36(64-10)50(28(4)69-44)75-46-23-38(66-12)51(30(6)71-46)76-45-22-37(65-11)49(29(5)70-45)74-43-20-35(63-9)47(60)26(2)67-43/h13,26-30,32-51,57-62H,14-24H2,1-12H3/t26-,27-,28-,29-,30-,32+,33+,34-,35-,36-,37+,38-,39-,40-,41-,42+,43+,44+,45+,46+,47-,48-,49-,50-,51-,52+,53+,54+,55-/m1/s1. The van der Waals surface area contributed by atoms with Crippen LogP contribution in [0.1, 0.15) is 126 Å². The number of rotatable bonds is 15. The van der Waals surface area contributed by atoms with Gasteiger partial charge in [-0.3, -0.25) is 4.79 Å². The van der Waals surface area contributed by atoms with E-state index in [0.29, 0.717) is 44.9 Å². The smallest absolute Gasteiger partial charge is 0.161 e. The maximum atomic E-state index is 12.8. The van der Waals surface area contributed by atoms with Crippen LogP contribution in [-0.4, -0.2) is 217 Å². The molecule has 436 valence electrons. The number of aliphatic hydroxyl groups excluding tert-OH is 4. The Morgan fingerprint density at radius 3 is 1.46 bits per heavy atom. The summed E-state index contributed by atoms with van der Waals surface area (Å²) in [6, 6.07) is 0. The van der Waals surface area contributed by atoms with Crippen LogP contribution in [0.2, 0.25) is 0 Å². The zero-order chi connectivity index (χ0) is 55.0. The molecule has 9 rings (SSSR count). The minimum Gasteiger partial charge on any atom is -0.392 e. The van der Waals surface area contributed by atoms with Crippen LogP contribution in [0.3, 0.4) is 0 Å². The van der Waals surface area contributed by atoms with Gasteiger partial charge in [0.2, 0.25) is 0 Å². The van der Waals surface area contributed by atoms with E-state index >= 15 is 0 Å². The van der Waals surface area contributed by atoms with Gasteiger partial charge in [-0.1, -0.05) is 25.5 Å². The third kappa shape index (κ3) is 10.5. The Bertz CT molecular complexity index is 2000. The van der Waals surface area contributed by atoms with Crippen LogP contribution in [0.4, 0.5) is 0 Å². The second kappa shape index (κ2) is 23.1. The molecule has 8 fully saturated rings. The molecule has 0 aromatic carbocycles. The summed E-state index contributed by atoms with van der Waals surface area (Å²) < 4.78 is 87.6. The van der Waals surface area contributed by atoms with Gasteiger partial charge in [0, 0.05) is 77.8 Å². The fourth-order valence-corrected chi connectivity index (χ4v) is 15.5. The molecule has 0 aromatic rings. The summed E-state index contributed by atoms with van der Waals surface area (Å²) in [5.74, 6) is -1.59. The molecule has 3 saturated carbocycles. The average Bonchev–Trinajstić information content (AvgIpc) is 3.84. The first-order valence-corrected chi connectivity index (χ1v) is 28.0. The molecular weight excluding hydrogens is 997 g/mol. The third-order valence-electron chi connectivity index (χ3n) is 19.9. The number of fused-ring (bicyclic) bond motifs is 5. The molecule has 5 heterocycles. The van der Waals surface area contributed by atoms with E-state index in [1.807, 2.05) is 33.8 Å². The molecule has 76 heavy (non-hydrogen) atoms. The number of ether oxygens (including phenoxy) is 14. The predicted molar refractivity (Wildman–Crippen MR) is 266 cm³/mol. The Morgan fingerprint density at radius 1 is 0.566 bits per heavy atom. The lowest BCUT2D eigenvalue weighted by Gasteiger charge is -2.66. The highest BCUT2D eigenvalue weighted by Gasteiger charge is 2.79. The fraction of sp³-hybridized carbons (Fsp3) is 0.945. The van der Waals surface area contributed by atoms with Crippen LogP contribution in [0.5, 0.6) is 0 Å². The molecule has 0 unspecified atom stereocenters. The lowest BCUT2D eigenvalue weighted by atomic mass is 9.42. The first kappa shape index (κ1) is 59.2. The van der Waals surface area contributed by atoms with Crippen LogP contribution < -0.4 is 0 Å². The van der Waals surface area contributed by atoms with Crippen molar-refractivity contribution in [1.82, 2.24) is 0 Å². The summed E-state index contributed by atoms with van der Waals surface area (Å²) in [5.41, 5.74) is -4.82. The van der Waals surface area contributed by atoms with Crippen molar-refractivity contribution in [2.75, 3.05) is 28.4 Å². The van der Waals surface area contributed by atoms with Crippen LogP contribution in [0, 0.1) is 22.7 Å². The van der Waals surface area contributed by atoms with Gasteiger partial charge in [-0.2, -0.15) is 0 Å². The van der Waals surface area contributed by atoms with Gasteiger partial charge in [-0.05, 0) is 85.5 Å². The molecule has 0 aromatic heterocycles. The van der Waals surface area contributed by atoms with Crippen molar-refractivity contribution >= 4 is 5.78 Å². The van der Waals surface area contributed by atoms with Crippen molar-refractivity contribution in [2.24, 2.45) is 22.7 Å². The predicted octanol–water partition coefficient (Wildman–Crippen LogP) is 2.71. The molecular formula is C55H90O21. The first-order valence-electron chi connectivity index (χ1n) is 28.0. The van der Waals surface area contributed by atoms with E-state index < -0.39 is 163 Å². The Hall–Kier alpha value is -1.39. The van der Waals surface area contributed by atoms with E-state index in [2.05, 4.69) is 6.92 Å². The van der Waals surface area contributed by atoms with Gasteiger partial charge >= 0.3 is 0 Å². The summed E-state index contributed by atoms with van der Waals surface area (Å²) in [6.45, 7) is 14.4. The van der Waals surface area contributed by atoms with Crippen molar-refractivity contribution in [3.05, 3.63) is 11.6 Å². The minimum atomic E-state index is -2.09. The van der Waals surface area contributed by atoms with E-state index in [9.17, 15) is 35.4 Å². The van der Waals surface area contributed by atoms with E-state index in [-0.39, 0.29) is 43.7 Å². The van der Waals surface area contributed by atoms with Gasteiger partial charge in [0.25, 0.3) is 0 Å². The number of aliphatic hydroxyl groups is 6. The van der Waals surface area contributed by atoms with Gasteiger partial charge in [0.1, 0.15) is 47.5 Å². The molecule has 0 bridgehead atoms. The average molecular weight is 1090 g/mol. The lowest BCUT2D eigenvalue weighted by Crippen LogP contribution is -2.78. The Balaban J connectivity index is 0.748. The zero-order valence-electron chi connectivity index (χ0n) is 46.6. The van der Waals surface area contributed by atoms with Crippen molar-refractivity contribution in [3.8, 4) is 0 Å². The maximum Gasteiger partial charge on any atom is 0.161 e. The number of carbonyl (C=O) groups excluding carboxylic acids is 1. The highest BCUT2D eigenvalue weighted by Crippen LogP contribution is 2.69. The first-order chi connectivity index (χ1) is 35.9. The molecule has 5 aliphatic heterocycles. The second-order valence-electron chi connectivity index (χ2n) is 24.1. The molecule has 21 heteroatoms. The quantitative estimate of drug-likeness (QED) is 0.129. The van der Waals surface area contributed by atoms with Crippen molar-refractivity contribution in [3.63, 3.8) is 0 Å². The number of Topliss-reactive ketones (excluding diaryl/α,β-unsaturated/α-hetero) is 1. The van der Waals surface area contributed by atoms with E-state index in [1.165, 1.54) is 6.92 Å². The molecule has 9 aliphatic rings. The van der Waals surface area contributed by atoms with Gasteiger partial charge in [-0.15, -0.1) is 0 Å². The summed E-state index contributed by atoms with van der Waals surface area (Å²) in [6.07, 6.45) is -8.69. The van der Waals surface area contributed by atoms with E-state index in [1.54, 1.807) is 42.3 Å². The number of hydrogen-bond donors (Lipinski definition) is 6. The van der Waals surface area contributed by atoms with Gasteiger partial charge in [-0.25, -0.2) is 0 Å². The molecule has 5 saturated heterocycles. The van der Waals surface area contributed by atoms with Crippen LogP contribution in [0.15, 0.2) is 11.6 Å². The van der Waals surface area contributed by atoms with E-state index in [4.69, 9.17) is 66.3 Å². The fourth-order valence-electron chi connectivity index (χ4n) is 15.5. The molecule has 0 amide bonds. The summed E-state index contributed by atoms with van der Waals surface area (Å²) in [7, 11) is 6.43. The number of hydrogen-bond acceptors (Lipinski definition) is 21. The lowest BCUT2D eigenvalue weighted by molar-refractivity contribution is -0.351. The molecule has 21 nitrogen and oxygen atoms in total. The van der Waals surface area contributed by atoms with Gasteiger partial charge < -0.3 is 97.0 Å². The number of carbonyl (C=O) groups is 1. The van der Waals surface area contributed by atoms with Crippen molar-refractivity contribution in [1.29, 1.82) is 0 Å². The molecule has 4 aliphatic carbocycles. The third-order valence-corrected chi connectivity index (χ3v) is 19.9. The van der Waals surface area contributed by atoms with Crippen molar-refractivity contribution < 1.29 is 102 Å². The number of ketones is 1. The highest BCUT2D eigenvalue weighted by atomic mass is 16.8. The molecule has 0 spiro atoms. The van der Waals surface area contributed by atoms with Crippen LogP contribution >= 0.6 is 0 Å². The topological polar surface area (TPSA) is 268 Å².